The Balaban J connectivity index is 2.11. The Morgan fingerprint density at radius 2 is 1.08 bits per heavy atom. The Kier molecular flexibility index (Phi) is 10.2. The highest BCUT2D eigenvalue weighted by Gasteiger charge is 2.38. The fraction of sp³-hybridized carbons (Fsp3) is 0.607. The van der Waals surface area contributed by atoms with Crippen LogP contribution in [-0.2, 0) is 15.9 Å². The largest absolute Gasteiger partial charge is 0.415 e. The lowest BCUT2D eigenvalue weighted by molar-refractivity contribution is -0.671. The second-order valence-corrected chi connectivity index (χ2v) is 22.3. The molecular formula is C28H49N4O2Si2+. The van der Waals surface area contributed by atoms with Gasteiger partial charge in [-0.3, -0.25) is 0 Å². The zero-order valence-corrected chi connectivity index (χ0v) is 26.6. The van der Waals surface area contributed by atoms with Crippen LogP contribution in [0.4, 0.5) is 17.1 Å². The van der Waals surface area contributed by atoms with Crippen LogP contribution in [0.3, 0.4) is 0 Å². The predicted octanol–water partition coefficient (Wildman–Crippen LogP) is 7.78. The van der Waals surface area contributed by atoms with Crippen molar-refractivity contribution in [3.05, 3.63) is 48.8 Å². The van der Waals surface area contributed by atoms with Gasteiger partial charge in [0.15, 0.2) is 29.0 Å². The predicted molar refractivity (Wildman–Crippen MR) is 157 cm³/mol. The number of azo groups is 1. The molecule has 0 saturated carbocycles. The highest BCUT2D eigenvalue weighted by Crippen LogP contribution is 2.37. The van der Waals surface area contributed by atoms with E-state index in [9.17, 15) is 0 Å². The van der Waals surface area contributed by atoms with Crippen molar-refractivity contribution in [1.29, 1.82) is 0 Å². The lowest BCUT2D eigenvalue weighted by atomic mass is 10.2. The summed E-state index contributed by atoms with van der Waals surface area (Å²) in [5.74, 6) is 0. The quantitative estimate of drug-likeness (QED) is 0.170. The summed E-state index contributed by atoms with van der Waals surface area (Å²) in [6.45, 7) is 26.0. The maximum atomic E-state index is 6.50. The van der Waals surface area contributed by atoms with Gasteiger partial charge in [0.25, 0.3) is 0 Å². The van der Waals surface area contributed by atoms with Crippen molar-refractivity contribution in [2.75, 3.05) is 31.2 Å². The van der Waals surface area contributed by atoms with Gasteiger partial charge in [-0.25, -0.2) is 4.57 Å². The van der Waals surface area contributed by atoms with Gasteiger partial charge >= 0.3 is 0 Å². The number of pyridine rings is 1. The van der Waals surface area contributed by atoms with Crippen LogP contribution in [0.25, 0.3) is 0 Å². The first-order chi connectivity index (χ1) is 16.5. The summed E-state index contributed by atoms with van der Waals surface area (Å²) in [6, 6.07) is 12.2. The standard InChI is InChI=1S/C28H49N4O2Si2/c1-27(2,3)35(8,9)33-22-20-32(21-23-34-36(10,11)28(4,5)6)26-14-12-24(13-15-26)29-30-25-16-18-31(7)19-17-25/h12-19H,20-23H2,1-11H3/q+1. The average Bonchev–Trinajstić information content (AvgIpc) is 2.76. The molecule has 2 rings (SSSR count). The van der Waals surface area contributed by atoms with Crippen LogP contribution in [0.1, 0.15) is 41.5 Å². The van der Waals surface area contributed by atoms with Crippen molar-refractivity contribution in [3.8, 4) is 0 Å². The van der Waals surface area contributed by atoms with Crippen molar-refractivity contribution in [3.63, 3.8) is 0 Å². The molecule has 0 bridgehead atoms. The number of aromatic nitrogens is 1. The molecule has 200 valence electrons. The van der Waals surface area contributed by atoms with E-state index in [0.717, 1.165) is 30.2 Å². The Morgan fingerprint density at radius 3 is 1.47 bits per heavy atom. The van der Waals surface area contributed by atoms with Gasteiger partial charge in [-0.15, -0.1) is 0 Å². The number of anilines is 1. The van der Waals surface area contributed by atoms with E-state index in [1.807, 2.05) is 48.3 Å². The highest BCUT2D eigenvalue weighted by molar-refractivity contribution is 6.74. The minimum Gasteiger partial charge on any atom is -0.415 e. The zero-order valence-electron chi connectivity index (χ0n) is 24.6. The van der Waals surface area contributed by atoms with Crippen molar-refractivity contribution in [2.45, 2.75) is 77.8 Å². The normalized spacial score (nSPS) is 13.4. The van der Waals surface area contributed by atoms with Gasteiger partial charge in [0, 0.05) is 30.9 Å². The van der Waals surface area contributed by atoms with Crippen LogP contribution in [-0.4, -0.2) is 42.9 Å². The van der Waals surface area contributed by atoms with Crippen LogP contribution < -0.4 is 9.47 Å². The molecule has 1 aromatic heterocycles. The van der Waals surface area contributed by atoms with Gasteiger partial charge in [0.1, 0.15) is 7.05 Å². The molecule has 0 fully saturated rings. The summed E-state index contributed by atoms with van der Waals surface area (Å²) < 4.78 is 15.0. The van der Waals surface area contributed by atoms with E-state index in [1.54, 1.807) is 0 Å². The first kappa shape index (κ1) is 30.3. The van der Waals surface area contributed by atoms with Crippen molar-refractivity contribution < 1.29 is 13.4 Å². The molecule has 2 aromatic rings. The minimum absolute atomic E-state index is 0.200. The molecule has 0 saturated heterocycles. The van der Waals surface area contributed by atoms with Crippen LogP contribution in [0.5, 0.6) is 0 Å². The fourth-order valence-corrected chi connectivity index (χ4v) is 5.10. The lowest BCUT2D eigenvalue weighted by Gasteiger charge is -2.38. The number of hydrogen-bond acceptors (Lipinski definition) is 5. The Bertz CT molecular complexity index is 945. The molecule has 0 spiro atoms. The number of nitrogens with zero attached hydrogens (tertiary/aromatic N) is 4. The van der Waals surface area contributed by atoms with E-state index in [1.165, 1.54) is 0 Å². The molecule has 0 radical (unpaired) electrons. The average molecular weight is 530 g/mol. The number of hydrogen-bond donors (Lipinski definition) is 0. The summed E-state index contributed by atoms with van der Waals surface area (Å²) in [7, 11) is -1.60. The van der Waals surface area contributed by atoms with Crippen LogP contribution in [0.15, 0.2) is 59.0 Å². The molecule has 0 atom stereocenters. The molecule has 0 aliphatic rings. The summed E-state index contributed by atoms with van der Waals surface area (Å²) >= 11 is 0. The van der Waals surface area contributed by atoms with Crippen LogP contribution in [0, 0.1) is 0 Å². The lowest BCUT2D eigenvalue weighted by Crippen LogP contribution is -2.44. The third-order valence-corrected chi connectivity index (χ3v) is 16.8. The van der Waals surface area contributed by atoms with E-state index >= 15 is 0 Å². The summed E-state index contributed by atoms with van der Waals surface area (Å²) in [5, 5.41) is 9.17. The molecule has 1 aromatic carbocycles. The smallest absolute Gasteiger partial charge is 0.192 e. The maximum Gasteiger partial charge on any atom is 0.192 e. The van der Waals surface area contributed by atoms with Crippen molar-refractivity contribution in [2.24, 2.45) is 17.3 Å². The van der Waals surface area contributed by atoms with E-state index in [-0.39, 0.29) is 10.1 Å². The van der Waals surface area contributed by atoms with E-state index in [2.05, 4.69) is 95.0 Å². The molecular weight excluding hydrogens is 481 g/mol. The van der Waals surface area contributed by atoms with Gasteiger partial charge < -0.3 is 13.8 Å². The summed E-state index contributed by atoms with van der Waals surface area (Å²) in [5.41, 5.74) is 2.82. The SMILES string of the molecule is C[n+]1ccc(N=Nc2ccc(N(CCO[Si](C)(C)C(C)(C)C)CCO[Si](C)(C)C(C)(C)C)cc2)cc1. The second-order valence-electron chi connectivity index (χ2n) is 12.6. The van der Waals surface area contributed by atoms with Gasteiger partial charge in [-0.1, -0.05) is 41.5 Å². The number of rotatable bonds is 11. The molecule has 0 aliphatic carbocycles. The third kappa shape index (κ3) is 8.90. The number of benzene rings is 1. The minimum atomic E-state index is -1.79. The maximum absolute atomic E-state index is 6.50. The first-order valence-electron chi connectivity index (χ1n) is 13.0. The van der Waals surface area contributed by atoms with Gasteiger partial charge in [0.05, 0.1) is 24.6 Å². The van der Waals surface area contributed by atoms with E-state index in [4.69, 9.17) is 8.85 Å². The molecule has 0 amide bonds. The van der Waals surface area contributed by atoms with Crippen molar-refractivity contribution in [1.82, 2.24) is 0 Å². The molecule has 0 aliphatic heterocycles. The molecule has 36 heavy (non-hydrogen) atoms. The molecule has 8 heteroatoms. The summed E-state index contributed by atoms with van der Waals surface area (Å²) in [4.78, 5) is 2.37. The summed E-state index contributed by atoms with van der Waals surface area (Å²) in [6.07, 6.45) is 3.93. The van der Waals surface area contributed by atoms with Gasteiger partial charge in [0.2, 0.25) is 0 Å². The van der Waals surface area contributed by atoms with Crippen molar-refractivity contribution >= 4 is 33.7 Å². The van der Waals surface area contributed by atoms with Gasteiger partial charge in [-0.05, 0) is 60.5 Å². The Morgan fingerprint density at radius 1 is 0.694 bits per heavy atom. The Hall–Kier alpha value is -1.88. The topological polar surface area (TPSA) is 50.3 Å². The van der Waals surface area contributed by atoms with E-state index < -0.39 is 16.6 Å². The third-order valence-electron chi connectivity index (χ3n) is 7.72. The first-order valence-corrected chi connectivity index (χ1v) is 18.8. The van der Waals surface area contributed by atoms with Gasteiger partial charge in [-0.2, -0.15) is 10.2 Å². The highest BCUT2D eigenvalue weighted by atomic mass is 28.4. The molecule has 6 nitrogen and oxygen atoms in total. The van der Waals surface area contributed by atoms with Crippen LogP contribution >= 0.6 is 0 Å². The molecule has 0 unspecified atom stereocenters. The Labute approximate surface area is 222 Å². The van der Waals surface area contributed by atoms with Crippen LogP contribution in [0.2, 0.25) is 36.3 Å². The number of aryl methyl sites for hydroxylation is 1. The second kappa shape index (κ2) is 12.1. The fourth-order valence-electron chi connectivity index (χ4n) is 3.03. The monoisotopic (exact) mass is 529 g/mol. The molecule has 1 heterocycles. The van der Waals surface area contributed by atoms with E-state index in [0.29, 0.717) is 13.2 Å². The zero-order chi connectivity index (χ0) is 27.2. The molecule has 0 N–H and O–H groups in total.